The van der Waals surface area contributed by atoms with Gasteiger partial charge >= 0.3 is 1.41 Å². The molecule has 0 aromatic rings. The molecule has 0 amide bonds. The Bertz CT molecular complexity index is 83.6. The highest BCUT2D eigenvalue weighted by Crippen LogP contribution is 1.41. The normalized spacial score (nSPS) is 5.67. The van der Waals surface area contributed by atoms with Crippen LogP contribution < -0.4 is 22.5 Å². The van der Waals surface area contributed by atoms with Crippen LogP contribution in [0.15, 0.2) is 0 Å². The van der Waals surface area contributed by atoms with Crippen molar-refractivity contribution in [1.82, 2.24) is 12.3 Å². The second kappa shape index (κ2) is 9.94. The second-order valence-electron chi connectivity index (χ2n) is 0.575. The van der Waals surface area contributed by atoms with E-state index in [1.54, 1.807) is 0 Å². The van der Waals surface area contributed by atoms with Gasteiger partial charge in [-0.05, 0) is 0 Å². The zero-order valence-corrected chi connectivity index (χ0v) is 4.84. The van der Waals surface area contributed by atoms with Gasteiger partial charge in [0.25, 0.3) is 0 Å². The van der Waals surface area contributed by atoms with Crippen molar-refractivity contribution >= 4 is 11.9 Å². The van der Waals surface area contributed by atoms with E-state index >= 15 is 0 Å². The lowest BCUT2D eigenvalue weighted by Gasteiger charge is -1.97. The lowest BCUT2D eigenvalue weighted by molar-refractivity contribution is -0.345. The van der Waals surface area contributed by atoms with Crippen molar-refractivity contribution in [3.63, 3.8) is 0 Å². The number of rotatable bonds is 0. The number of hydrogen-bond donors (Lipinski definition) is 2. The van der Waals surface area contributed by atoms with E-state index in [9.17, 15) is 0 Å². The number of hydrogen-bond acceptors (Lipinski definition) is 4. The molecule has 7 heteroatoms. The summed E-state index contributed by atoms with van der Waals surface area (Å²) in [6.45, 7) is 0. The molecular formula is C2H10N2O5. The van der Waals surface area contributed by atoms with E-state index in [0.29, 0.717) is 0 Å². The van der Waals surface area contributed by atoms with Crippen molar-refractivity contribution in [2.45, 2.75) is 0 Å². The summed E-state index contributed by atoms with van der Waals surface area (Å²) in [5.74, 6) is -4.37. The number of carboxylic acid groups (broad SMARTS) is 2. The molecule has 0 aromatic carbocycles. The van der Waals surface area contributed by atoms with Gasteiger partial charge in [0.05, 0.1) is 11.9 Å². The Kier molecular flexibility index (Phi) is 17.3. The predicted molar refractivity (Wildman–Crippen MR) is 25.6 cm³/mol. The highest BCUT2D eigenvalue weighted by Gasteiger charge is 1.74. The molecule has 0 fully saturated rings. The fourth-order valence-corrected chi connectivity index (χ4v) is 0. The Hall–Kier alpha value is -1.18. The Morgan fingerprint density at radius 3 is 1.22 bits per heavy atom. The molecule has 0 aliphatic rings. The van der Waals surface area contributed by atoms with E-state index in [-0.39, 0.29) is 11.6 Å². The molecule has 0 radical (unpaired) electrons. The third-order valence-corrected chi connectivity index (χ3v) is 0.167. The quantitative estimate of drug-likeness (QED) is 0.332. The molecule has 0 rings (SSSR count). The van der Waals surface area contributed by atoms with Gasteiger partial charge in [0.2, 0.25) is 0 Å². The minimum atomic E-state index is -2.19. The fourth-order valence-electron chi connectivity index (χ4n) is 0. The Labute approximate surface area is 52.2 Å². The lowest BCUT2D eigenvalue weighted by Crippen LogP contribution is -2.42. The van der Waals surface area contributed by atoms with Crippen LogP contribution in [0, 0.1) is 0 Å². The van der Waals surface area contributed by atoms with Crippen LogP contribution in [0.4, 0.5) is 0 Å². The predicted octanol–water partition coefficient (Wildman–Crippen LogP) is -3.59. The van der Waals surface area contributed by atoms with Crippen molar-refractivity contribution in [3.8, 4) is 0 Å². The molecule has 0 saturated carbocycles. The maximum atomic E-state index is 8.93. The van der Waals surface area contributed by atoms with Crippen LogP contribution >= 0.6 is 0 Å². The summed E-state index contributed by atoms with van der Waals surface area (Å²) in [5.41, 5.74) is 0. The monoisotopic (exact) mass is 143 g/mol. The summed E-state index contributed by atoms with van der Waals surface area (Å²) in [7, 11) is 0. The summed E-state index contributed by atoms with van der Waals surface area (Å²) >= 11 is 0. The van der Waals surface area contributed by atoms with Gasteiger partial charge < -0.3 is 37.6 Å². The first-order valence-electron chi connectivity index (χ1n) is 1.77. The summed E-state index contributed by atoms with van der Waals surface area (Å²) < 4.78 is 5.50. The lowest BCUT2D eigenvalue weighted by atomic mass is 10.7. The number of carboxylic acids is 2. The zero-order chi connectivity index (χ0) is 7.15. The van der Waals surface area contributed by atoms with Crippen LogP contribution in [0.5, 0.6) is 0 Å². The van der Waals surface area contributed by atoms with Crippen LogP contribution in [0.2, 0.25) is 1.41 Å². The Morgan fingerprint density at radius 2 is 1.22 bits per heavy atom. The van der Waals surface area contributed by atoms with E-state index in [0.717, 1.165) is 0 Å². The molecule has 0 spiro atoms. The van der Waals surface area contributed by atoms with Gasteiger partial charge in [-0.25, -0.2) is 0 Å². The highest BCUT2D eigenvalue weighted by atomic mass is 16.4. The maximum Gasteiger partial charge on any atom is 0.342 e. The average Bonchev–Trinajstić information content (AvgIpc) is 1.72. The second-order valence-corrected chi connectivity index (χ2v) is 0.575. The van der Waals surface area contributed by atoms with Crippen molar-refractivity contribution in [2.24, 2.45) is 0 Å². The number of carbonyl (C=O) groups excluding carboxylic acids is 2. The molecule has 0 saturated heterocycles. The molecule has 7 nitrogen and oxygen atoms in total. The van der Waals surface area contributed by atoms with Crippen molar-refractivity contribution < 1.29 is 26.7 Å². The van der Waals surface area contributed by atoms with Gasteiger partial charge in [0.15, 0.2) is 0 Å². The SMILES string of the molecule is O.O=C([O-])C(=O)[O-].[2H][NH3+].[NH4+]. The number of aliphatic carboxylic acids is 2. The Balaban J connectivity index is -0.0000000412. The van der Waals surface area contributed by atoms with E-state index in [4.69, 9.17) is 21.2 Å². The average molecular weight is 143 g/mol. The molecule has 0 unspecified atom stereocenters. The van der Waals surface area contributed by atoms with E-state index in [1.807, 2.05) is 0 Å². The van der Waals surface area contributed by atoms with Gasteiger partial charge in [-0.3, -0.25) is 0 Å². The van der Waals surface area contributed by atoms with Gasteiger partial charge in [0, 0.05) is 0 Å². The molecule has 0 aliphatic heterocycles. The number of carbonyl (C=O) groups is 2. The zero-order valence-electron chi connectivity index (χ0n) is 5.84. The summed E-state index contributed by atoms with van der Waals surface area (Å²) in [6, 6.07) is 0. The molecule has 0 bridgehead atoms. The van der Waals surface area contributed by atoms with Crippen molar-refractivity contribution in [3.05, 3.63) is 0 Å². The van der Waals surface area contributed by atoms with Crippen molar-refractivity contribution in [2.75, 3.05) is 0 Å². The van der Waals surface area contributed by atoms with Crippen LogP contribution in [-0.4, -0.2) is 17.4 Å². The van der Waals surface area contributed by atoms with Gasteiger partial charge in [-0.15, -0.1) is 0 Å². The minimum Gasteiger partial charge on any atom is -0.543 e. The molecule has 9 heavy (non-hydrogen) atoms. The summed E-state index contributed by atoms with van der Waals surface area (Å²) in [6.07, 6.45) is 2.50. The van der Waals surface area contributed by atoms with E-state index in [2.05, 4.69) is 6.14 Å². The molecule has 10 N–H and O–H groups in total. The third kappa shape index (κ3) is 19.9. The molecule has 0 heterocycles. The summed E-state index contributed by atoms with van der Waals surface area (Å²) in [4.78, 5) is 17.9. The molecule has 0 aromatic heterocycles. The van der Waals surface area contributed by atoms with Crippen molar-refractivity contribution in [1.29, 1.82) is 0 Å². The first-order valence-corrected chi connectivity index (χ1v) is 1.07. The maximum absolute atomic E-state index is 8.93. The van der Waals surface area contributed by atoms with Crippen LogP contribution in [0.1, 0.15) is 0 Å². The topological polar surface area (TPSA) is 185 Å². The highest BCUT2D eigenvalue weighted by molar-refractivity contribution is 6.25. The molecule has 0 aliphatic carbocycles. The van der Waals surface area contributed by atoms with Crippen LogP contribution in [-0.2, 0) is 9.59 Å². The summed E-state index contributed by atoms with van der Waals surface area (Å²) in [5, 5.41) is 17.9. The van der Waals surface area contributed by atoms with E-state index < -0.39 is 11.9 Å². The van der Waals surface area contributed by atoms with Gasteiger partial charge in [-0.1, -0.05) is 0 Å². The fraction of sp³-hybridized carbons (Fsp3) is 0. The number of quaternary nitrogens is 2. The largest absolute Gasteiger partial charge is 0.543 e. The first kappa shape index (κ1) is 15.7. The van der Waals surface area contributed by atoms with Gasteiger partial charge in [-0.2, -0.15) is 0 Å². The van der Waals surface area contributed by atoms with E-state index in [1.165, 1.54) is 0 Å². The first-order chi connectivity index (χ1) is 3.64. The van der Waals surface area contributed by atoms with Crippen LogP contribution in [0.25, 0.3) is 0 Å². The van der Waals surface area contributed by atoms with Crippen LogP contribution in [0.3, 0.4) is 0 Å². The molecular weight excluding hydrogens is 132 g/mol. The minimum absolute atomic E-state index is 0. The molecule has 58 valence electrons. The molecule has 0 atom stereocenters. The standard InChI is InChI=1S/C2H2O4.2H3N.H2O/c3-1(4)2(5)6;;;/h(H,3,4)(H,5,6);2*1H3;1H2/i/hD. The smallest absolute Gasteiger partial charge is 0.342 e. The third-order valence-electron chi connectivity index (χ3n) is 0.167. The Morgan fingerprint density at radius 1 is 1.11 bits per heavy atom. The van der Waals surface area contributed by atoms with Gasteiger partial charge in [0.1, 0.15) is 0 Å².